The minimum atomic E-state index is -0.959. The Hall–Kier alpha value is -2.08. The molecule has 1 aliphatic rings. The van der Waals surface area contributed by atoms with Crippen molar-refractivity contribution in [2.75, 3.05) is 0 Å². The van der Waals surface area contributed by atoms with Gasteiger partial charge in [0, 0.05) is 6.04 Å². The fraction of sp³-hybridized carbons (Fsp3) is 0.529. The molecule has 1 fully saturated rings. The molecule has 126 valence electrons. The van der Waals surface area contributed by atoms with E-state index < -0.39 is 18.1 Å². The minimum Gasteiger partial charge on any atom is -0.480 e. The maximum atomic E-state index is 12.0. The molecule has 0 radical (unpaired) electrons. The van der Waals surface area contributed by atoms with Crippen LogP contribution in [0.2, 0.25) is 0 Å². The lowest BCUT2D eigenvalue weighted by molar-refractivity contribution is -0.145. The Kier molecular flexibility index (Phi) is 6.40. The fourth-order valence-corrected chi connectivity index (χ4v) is 2.84. The van der Waals surface area contributed by atoms with Crippen LogP contribution in [0, 0.1) is 0 Å². The molecular formula is C17H24N2O4. The lowest BCUT2D eigenvalue weighted by atomic mass is 9.94. The molecule has 1 aliphatic carbocycles. The van der Waals surface area contributed by atoms with E-state index in [-0.39, 0.29) is 12.6 Å². The van der Waals surface area contributed by atoms with Crippen molar-refractivity contribution in [3.05, 3.63) is 35.9 Å². The van der Waals surface area contributed by atoms with Gasteiger partial charge >= 0.3 is 12.1 Å². The highest BCUT2D eigenvalue weighted by molar-refractivity contribution is 5.74. The highest BCUT2D eigenvalue weighted by Gasteiger charge is 2.30. The van der Waals surface area contributed by atoms with Crippen molar-refractivity contribution in [1.29, 1.82) is 0 Å². The summed E-state index contributed by atoms with van der Waals surface area (Å²) in [6.07, 6.45) is 4.41. The van der Waals surface area contributed by atoms with E-state index in [0.717, 1.165) is 37.7 Å². The number of carbonyl (C=O) groups is 2. The van der Waals surface area contributed by atoms with Crippen LogP contribution in [0.3, 0.4) is 0 Å². The Bertz CT molecular complexity index is 515. The van der Waals surface area contributed by atoms with Crippen LogP contribution in [0.5, 0.6) is 0 Å². The SMILES string of the molecule is CC(C(=O)O)N(NC(=O)OCc1ccccc1)C1CCCCC1. The van der Waals surface area contributed by atoms with Gasteiger partial charge in [0.25, 0.3) is 0 Å². The first kappa shape index (κ1) is 17.3. The first-order chi connectivity index (χ1) is 11.1. The molecule has 23 heavy (non-hydrogen) atoms. The Morgan fingerprint density at radius 2 is 1.91 bits per heavy atom. The number of rotatable bonds is 6. The summed E-state index contributed by atoms with van der Waals surface area (Å²) in [4.78, 5) is 23.3. The van der Waals surface area contributed by atoms with Gasteiger partial charge in [0.15, 0.2) is 0 Å². The predicted molar refractivity (Wildman–Crippen MR) is 85.6 cm³/mol. The number of aliphatic carboxylic acids is 1. The van der Waals surface area contributed by atoms with Crippen molar-refractivity contribution in [3.63, 3.8) is 0 Å². The van der Waals surface area contributed by atoms with Crippen LogP contribution in [0.4, 0.5) is 4.79 Å². The van der Waals surface area contributed by atoms with E-state index >= 15 is 0 Å². The molecule has 0 heterocycles. The number of carboxylic acid groups (broad SMARTS) is 1. The first-order valence-electron chi connectivity index (χ1n) is 8.06. The van der Waals surface area contributed by atoms with Gasteiger partial charge in [0.05, 0.1) is 0 Å². The molecule has 1 saturated carbocycles. The van der Waals surface area contributed by atoms with Crippen molar-refractivity contribution in [3.8, 4) is 0 Å². The number of carbonyl (C=O) groups excluding carboxylic acids is 1. The highest BCUT2D eigenvalue weighted by Crippen LogP contribution is 2.23. The standard InChI is InChI=1S/C17H24N2O4/c1-13(16(20)21)19(15-10-6-3-7-11-15)18-17(22)23-12-14-8-4-2-5-9-14/h2,4-5,8-9,13,15H,3,6-7,10-12H2,1H3,(H,18,22)(H,20,21). The minimum absolute atomic E-state index is 0.0409. The van der Waals surface area contributed by atoms with Gasteiger partial charge in [0.2, 0.25) is 0 Å². The molecule has 0 bridgehead atoms. The average Bonchev–Trinajstić information content (AvgIpc) is 2.59. The normalized spacial score (nSPS) is 16.8. The third-order valence-corrected chi connectivity index (χ3v) is 4.18. The molecule has 6 nitrogen and oxygen atoms in total. The van der Waals surface area contributed by atoms with Crippen molar-refractivity contribution in [2.24, 2.45) is 0 Å². The second kappa shape index (κ2) is 8.53. The molecule has 0 aliphatic heterocycles. The topological polar surface area (TPSA) is 78.9 Å². The number of nitrogens with one attached hydrogen (secondary N) is 1. The van der Waals surface area contributed by atoms with Gasteiger partial charge in [-0.25, -0.2) is 9.80 Å². The van der Waals surface area contributed by atoms with Crippen molar-refractivity contribution in [2.45, 2.75) is 57.7 Å². The maximum Gasteiger partial charge on any atom is 0.422 e. The summed E-state index contributed by atoms with van der Waals surface area (Å²) in [6, 6.07) is 8.62. The van der Waals surface area contributed by atoms with Crippen LogP contribution in [0.1, 0.15) is 44.6 Å². The van der Waals surface area contributed by atoms with Gasteiger partial charge in [-0.15, -0.1) is 0 Å². The van der Waals surface area contributed by atoms with Gasteiger partial charge in [-0.3, -0.25) is 10.2 Å². The zero-order valence-corrected chi connectivity index (χ0v) is 13.4. The molecule has 0 aromatic heterocycles. The molecule has 6 heteroatoms. The molecule has 0 saturated heterocycles. The summed E-state index contributed by atoms with van der Waals surface area (Å²) in [5, 5.41) is 10.8. The van der Waals surface area contributed by atoms with Crippen LogP contribution >= 0.6 is 0 Å². The zero-order chi connectivity index (χ0) is 16.7. The van der Waals surface area contributed by atoms with Gasteiger partial charge < -0.3 is 9.84 Å². The molecule has 1 unspecified atom stereocenters. The summed E-state index contributed by atoms with van der Waals surface area (Å²) < 4.78 is 5.19. The third kappa shape index (κ3) is 5.25. The zero-order valence-electron chi connectivity index (χ0n) is 13.4. The van der Waals surface area contributed by atoms with E-state index in [1.165, 1.54) is 5.01 Å². The van der Waals surface area contributed by atoms with Gasteiger partial charge in [-0.1, -0.05) is 49.6 Å². The van der Waals surface area contributed by atoms with Crippen molar-refractivity contribution >= 4 is 12.1 Å². The Morgan fingerprint density at radius 3 is 2.52 bits per heavy atom. The predicted octanol–water partition coefficient (Wildman–Crippen LogP) is 2.94. The van der Waals surface area contributed by atoms with Crippen molar-refractivity contribution < 1.29 is 19.4 Å². The Morgan fingerprint density at radius 1 is 1.26 bits per heavy atom. The van der Waals surface area contributed by atoms with Crippen LogP contribution < -0.4 is 5.43 Å². The number of benzene rings is 1. The van der Waals surface area contributed by atoms with E-state index in [0.29, 0.717) is 0 Å². The van der Waals surface area contributed by atoms with E-state index in [4.69, 9.17) is 4.74 Å². The molecule has 1 aromatic rings. The van der Waals surface area contributed by atoms with Crippen LogP contribution in [-0.2, 0) is 16.1 Å². The molecule has 1 atom stereocenters. The number of hydrazine groups is 1. The first-order valence-corrected chi connectivity index (χ1v) is 8.06. The molecule has 0 spiro atoms. The summed E-state index contributed by atoms with van der Waals surface area (Å²) in [6.45, 7) is 1.74. The summed E-state index contributed by atoms with van der Waals surface area (Å²) in [5.74, 6) is -0.959. The average molecular weight is 320 g/mol. The van der Waals surface area contributed by atoms with Crippen molar-refractivity contribution in [1.82, 2.24) is 10.4 Å². The number of ether oxygens (including phenoxy) is 1. The summed E-state index contributed by atoms with van der Waals surface area (Å²) in [5.41, 5.74) is 3.52. The number of carboxylic acids is 1. The lowest BCUT2D eigenvalue weighted by Crippen LogP contribution is -2.56. The number of hydrogen-bond donors (Lipinski definition) is 2. The number of hydrogen-bond acceptors (Lipinski definition) is 4. The van der Waals surface area contributed by atoms with Crippen LogP contribution in [0.15, 0.2) is 30.3 Å². The third-order valence-electron chi connectivity index (χ3n) is 4.18. The second-order valence-electron chi connectivity index (χ2n) is 5.89. The van der Waals surface area contributed by atoms with Gasteiger partial charge in [0.1, 0.15) is 12.6 Å². The highest BCUT2D eigenvalue weighted by atomic mass is 16.6. The smallest absolute Gasteiger partial charge is 0.422 e. The molecule has 2 N–H and O–H groups in total. The van der Waals surface area contributed by atoms with Crippen LogP contribution in [0.25, 0.3) is 0 Å². The molecule has 1 aromatic carbocycles. The molecular weight excluding hydrogens is 296 g/mol. The largest absolute Gasteiger partial charge is 0.480 e. The fourth-order valence-electron chi connectivity index (χ4n) is 2.84. The van der Waals surface area contributed by atoms with E-state index in [1.54, 1.807) is 6.92 Å². The summed E-state index contributed by atoms with van der Waals surface area (Å²) >= 11 is 0. The molecule has 1 amide bonds. The quantitative estimate of drug-likeness (QED) is 0.788. The summed E-state index contributed by atoms with van der Waals surface area (Å²) in [7, 11) is 0. The van der Waals surface area contributed by atoms with Gasteiger partial charge in [-0.2, -0.15) is 0 Å². The Labute approximate surface area is 136 Å². The lowest BCUT2D eigenvalue weighted by Gasteiger charge is -2.36. The number of amides is 1. The van der Waals surface area contributed by atoms with Gasteiger partial charge in [-0.05, 0) is 25.3 Å². The molecule has 2 rings (SSSR count). The van der Waals surface area contributed by atoms with E-state index in [1.807, 2.05) is 30.3 Å². The second-order valence-corrected chi connectivity index (χ2v) is 5.89. The van der Waals surface area contributed by atoms with Crippen LogP contribution in [-0.4, -0.2) is 34.3 Å². The van der Waals surface area contributed by atoms with E-state index in [2.05, 4.69) is 5.43 Å². The monoisotopic (exact) mass is 320 g/mol. The number of nitrogens with zero attached hydrogens (tertiary/aromatic N) is 1. The van der Waals surface area contributed by atoms with E-state index in [9.17, 15) is 14.7 Å². The Balaban J connectivity index is 1.93. The maximum absolute atomic E-state index is 12.0.